The van der Waals surface area contributed by atoms with Gasteiger partial charge in [0.15, 0.2) is 5.65 Å². The topological polar surface area (TPSA) is 143 Å². The third-order valence-electron chi connectivity index (χ3n) is 6.62. The van der Waals surface area contributed by atoms with E-state index in [2.05, 4.69) is 51.3 Å². The molecule has 0 saturated carbocycles. The predicted molar refractivity (Wildman–Crippen MR) is 178 cm³/mol. The number of rotatable bonds is 5. The molecule has 43 heavy (non-hydrogen) atoms. The largest absolute Gasteiger partial charge is 0.436 e. The van der Waals surface area contributed by atoms with Crippen molar-refractivity contribution in [2.24, 2.45) is 0 Å². The van der Waals surface area contributed by atoms with E-state index in [9.17, 15) is 9.59 Å². The van der Waals surface area contributed by atoms with Gasteiger partial charge in [-0.3, -0.25) is 15.3 Å². The second-order valence-electron chi connectivity index (χ2n) is 10.7. The number of alkyl halides is 1. The highest BCUT2D eigenvalue weighted by atomic mass is 127. The minimum atomic E-state index is -0.417. The summed E-state index contributed by atoms with van der Waals surface area (Å²) in [7, 11) is 0. The number of anilines is 2. The standard InChI is InChI=1S/C30H28N8O3.CH3I/c1-17-9-11-18(12-10-17)38-24(15-23(37-38)30(2,3)4)34-28(39)33-21-13-14-22(20-8-6-5-7-19(20)21)41-27-25-26(31-16-32-27)36-29(40)35-25;1-2/h5-16H,1-4H3,(H2,33,34,39)(H2,31,32,35,36,40);1H3/i;1D. The number of aromatic nitrogens is 6. The molecule has 2 amide bonds. The third-order valence-corrected chi connectivity index (χ3v) is 6.62. The Morgan fingerprint density at radius 3 is 2.44 bits per heavy atom. The third kappa shape index (κ3) is 6.38. The molecule has 0 saturated heterocycles. The Kier molecular flexibility index (Phi) is 8.09. The van der Waals surface area contributed by atoms with E-state index in [4.69, 9.17) is 11.2 Å². The molecule has 3 aromatic heterocycles. The highest BCUT2D eigenvalue weighted by molar-refractivity contribution is 14.1. The van der Waals surface area contributed by atoms with Gasteiger partial charge in [0.05, 0.1) is 17.1 Å². The molecular formula is C31H31IN8O3. The van der Waals surface area contributed by atoms with Crippen LogP contribution in [-0.4, -0.2) is 40.7 Å². The first-order chi connectivity index (χ1) is 21.1. The predicted octanol–water partition coefficient (Wildman–Crippen LogP) is 7.08. The van der Waals surface area contributed by atoms with E-state index in [1.807, 2.05) is 84.1 Å². The van der Waals surface area contributed by atoms with Gasteiger partial charge in [-0.25, -0.2) is 19.3 Å². The minimum Gasteiger partial charge on any atom is -0.436 e. The fourth-order valence-corrected chi connectivity index (χ4v) is 4.47. The van der Waals surface area contributed by atoms with Crippen molar-refractivity contribution in [1.29, 1.82) is 0 Å². The van der Waals surface area contributed by atoms with E-state index in [0.717, 1.165) is 27.7 Å². The number of imidazole rings is 1. The molecule has 12 heteroatoms. The number of nitrogens with one attached hydrogen (secondary N) is 4. The smallest absolute Gasteiger partial charge is 0.325 e. The van der Waals surface area contributed by atoms with Crippen LogP contribution < -0.4 is 21.1 Å². The fourth-order valence-electron chi connectivity index (χ4n) is 4.47. The van der Waals surface area contributed by atoms with E-state index in [1.165, 1.54) is 6.33 Å². The van der Waals surface area contributed by atoms with Crippen molar-refractivity contribution >= 4 is 62.1 Å². The molecule has 0 spiro atoms. The van der Waals surface area contributed by atoms with E-state index >= 15 is 0 Å². The summed E-state index contributed by atoms with van der Waals surface area (Å²) in [5.41, 5.74) is 3.51. The van der Waals surface area contributed by atoms with Crippen LogP contribution in [0.5, 0.6) is 11.6 Å². The quantitative estimate of drug-likeness (QED) is 0.113. The lowest BCUT2D eigenvalue weighted by Crippen LogP contribution is -2.21. The Bertz CT molecular complexity index is 1990. The second kappa shape index (κ2) is 12.3. The first kappa shape index (κ1) is 28.4. The first-order valence-corrected chi connectivity index (χ1v) is 14.8. The summed E-state index contributed by atoms with van der Waals surface area (Å²) in [6.07, 6.45) is 1.32. The van der Waals surface area contributed by atoms with Crippen molar-refractivity contribution in [1.82, 2.24) is 29.7 Å². The van der Waals surface area contributed by atoms with Gasteiger partial charge in [-0.15, -0.1) is 0 Å². The van der Waals surface area contributed by atoms with Crippen LogP contribution in [0.4, 0.5) is 16.3 Å². The van der Waals surface area contributed by atoms with Crippen molar-refractivity contribution in [2.75, 3.05) is 15.5 Å². The molecule has 0 radical (unpaired) electrons. The minimum absolute atomic E-state index is 0.205. The molecule has 3 heterocycles. The van der Waals surface area contributed by atoms with E-state index in [0.29, 0.717) is 33.3 Å². The number of urea groups is 1. The number of benzene rings is 3. The number of aromatic amines is 2. The Labute approximate surface area is 262 Å². The molecule has 6 rings (SSSR count). The highest BCUT2D eigenvalue weighted by Crippen LogP contribution is 2.35. The van der Waals surface area contributed by atoms with Gasteiger partial charge in [0.1, 0.15) is 23.4 Å². The summed E-state index contributed by atoms with van der Waals surface area (Å²) in [5, 5.41) is 12.2. The average molecular weight is 692 g/mol. The van der Waals surface area contributed by atoms with Gasteiger partial charge < -0.3 is 10.1 Å². The maximum atomic E-state index is 13.3. The molecule has 0 aliphatic heterocycles. The van der Waals surface area contributed by atoms with Gasteiger partial charge in [-0.05, 0) is 36.1 Å². The number of H-pyrrole nitrogens is 2. The number of halogens is 1. The fraction of sp³-hybridized carbons (Fsp3) is 0.194. The van der Waals surface area contributed by atoms with Crippen LogP contribution >= 0.6 is 22.6 Å². The molecule has 0 atom stereocenters. The normalized spacial score (nSPS) is 11.5. The zero-order chi connectivity index (χ0) is 31.4. The van der Waals surface area contributed by atoms with Gasteiger partial charge in [0, 0.05) is 23.6 Å². The lowest BCUT2D eigenvalue weighted by atomic mass is 9.92. The average Bonchev–Trinajstić information content (AvgIpc) is 3.59. The summed E-state index contributed by atoms with van der Waals surface area (Å²) >= 11 is 1.96. The number of hydrogen-bond donors (Lipinski definition) is 4. The summed E-state index contributed by atoms with van der Waals surface area (Å²) in [4.78, 5) is 39.0. The molecule has 0 bridgehead atoms. The number of hydrogen-bond acceptors (Lipinski definition) is 6. The zero-order valence-electron chi connectivity index (χ0n) is 25.0. The number of carbonyl (C=O) groups excluding carboxylic acids is 1. The zero-order valence-corrected chi connectivity index (χ0v) is 26.2. The van der Waals surface area contributed by atoms with E-state index < -0.39 is 11.7 Å². The van der Waals surface area contributed by atoms with Crippen molar-refractivity contribution in [3.8, 4) is 17.3 Å². The molecule has 220 valence electrons. The molecule has 0 unspecified atom stereocenters. The van der Waals surface area contributed by atoms with E-state index in [-0.39, 0.29) is 11.3 Å². The molecule has 0 fully saturated rings. The van der Waals surface area contributed by atoms with Gasteiger partial charge in [-0.2, -0.15) is 10.1 Å². The lowest BCUT2D eigenvalue weighted by molar-refractivity contribution is 0.262. The SMILES string of the molecule is Cc1ccc(-n2nc(C(C)(C)C)cc2NC(=O)Nc2ccc(Oc3ncnc4[nH]c(=O)[nH]c34)c3ccccc23)cc1.[2H]CI. The molecule has 3 aromatic carbocycles. The van der Waals surface area contributed by atoms with Gasteiger partial charge in [-0.1, -0.05) is 85.3 Å². The number of ether oxygens (including phenoxy) is 1. The van der Waals surface area contributed by atoms with Crippen LogP contribution in [-0.2, 0) is 5.41 Å². The number of fused-ring (bicyclic) bond motifs is 2. The molecule has 0 aliphatic carbocycles. The summed E-state index contributed by atoms with van der Waals surface area (Å²) in [5.74, 6) is 1.26. The summed E-state index contributed by atoms with van der Waals surface area (Å²) in [6, 6.07) is 20.5. The summed E-state index contributed by atoms with van der Waals surface area (Å²) in [6.45, 7) is 8.26. The molecule has 6 aromatic rings. The van der Waals surface area contributed by atoms with Crippen LogP contribution in [0.2, 0.25) is 0 Å². The Hall–Kier alpha value is -4.72. The number of carbonyl (C=O) groups is 1. The van der Waals surface area contributed by atoms with Gasteiger partial charge in [0.2, 0.25) is 5.88 Å². The number of amides is 2. The lowest BCUT2D eigenvalue weighted by Gasteiger charge is -2.14. The molecular weight excluding hydrogens is 659 g/mol. The maximum absolute atomic E-state index is 13.3. The van der Waals surface area contributed by atoms with Gasteiger partial charge in [0.25, 0.3) is 0 Å². The van der Waals surface area contributed by atoms with Crippen molar-refractivity contribution in [2.45, 2.75) is 33.1 Å². The van der Waals surface area contributed by atoms with Crippen molar-refractivity contribution in [3.63, 3.8) is 0 Å². The van der Waals surface area contributed by atoms with Crippen LogP contribution in [0.15, 0.2) is 77.9 Å². The van der Waals surface area contributed by atoms with E-state index in [1.54, 1.807) is 16.8 Å². The first-order valence-electron chi connectivity index (χ1n) is 14.0. The second-order valence-corrected chi connectivity index (χ2v) is 10.7. The van der Waals surface area contributed by atoms with Crippen LogP contribution in [0, 0.1) is 6.92 Å². The van der Waals surface area contributed by atoms with Crippen LogP contribution in [0.1, 0.15) is 33.4 Å². The molecule has 0 aliphatic rings. The van der Waals surface area contributed by atoms with Crippen molar-refractivity contribution < 1.29 is 10.9 Å². The molecule has 4 N–H and O–H groups in total. The van der Waals surface area contributed by atoms with Crippen LogP contribution in [0.25, 0.3) is 27.6 Å². The van der Waals surface area contributed by atoms with Crippen LogP contribution in [0.3, 0.4) is 0 Å². The Balaban J connectivity index is 0.00000123. The number of aryl methyl sites for hydroxylation is 1. The van der Waals surface area contributed by atoms with Gasteiger partial charge >= 0.3 is 11.7 Å². The number of nitrogens with zero attached hydrogens (tertiary/aromatic N) is 4. The highest BCUT2D eigenvalue weighted by Gasteiger charge is 2.22. The maximum Gasteiger partial charge on any atom is 0.325 e. The Morgan fingerprint density at radius 2 is 1.72 bits per heavy atom. The van der Waals surface area contributed by atoms with Crippen molar-refractivity contribution in [3.05, 3.63) is 94.8 Å². The Morgan fingerprint density at radius 1 is 1.00 bits per heavy atom. The summed E-state index contributed by atoms with van der Waals surface area (Å²) < 4.78 is 14.0. The molecule has 11 nitrogen and oxygen atoms in total. The monoisotopic (exact) mass is 691 g/mol.